The van der Waals surface area contributed by atoms with Crippen molar-refractivity contribution in [3.8, 4) is 6.07 Å². The van der Waals surface area contributed by atoms with Crippen LogP contribution in [0.5, 0.6) is 0 Å². The van der Waals surface area contributed by atoms with Gasteiger partial charge in [-0.25, -0.2) is 9.78 Å². The molecule has 0 spiro atoms. The molecule has 0 amide bonds. The van der Waals surface area contributed by atoms with E-state index in [1.807, 2.05) is 34.9 Å². The van der Waals surface area contributed by atoms with Gasteiger partial charge in [0.15, 0.2) is 0 Å². The number of imidazole rings is 2. The molecule has 3 heterocycles. The van der Waals surface area contributed by atoms with Gasteiger partial charge < -0.3 is 4.57 Å². The summed E-state index contributed by atoms with van der Waals surface area (Å²) in [6.45, 7) is 1.86. The Kier molecular flexibility index (Phi) is 4.39. The highest BCUT2D eigenvalue weighted by atomic mass is 16.1. The number of aromatic nitrogens is 5. The summed E-state index contributed by atoms with van der Waals surface area (Å²) in [5.74, 6) is 1.44. The highest BCUT2D eigenvalue weighted by molar-refractivity contribution is 5.77. The Hall–Kier alpha value is -3.40. The molecule has 1 aliphatic carbocycles. The third-order valence-electron chi connectivity index (χ3n) is 5.66. The van der Waals surface area contributed by atoms with E-state index in [1.54, 1.807) is 17.0 Å². The third-order valence-corrected chi connectivity index (χ3v) is 5.66. The van der Waals surface area contributed by atoms with Crippen molar-refractivity contribution in [2.24, 2.45) is 5.92 Å². The number of benzene rings is 1. The monoisotopic (exact) mass is 386 g/mol. The number of hydrogen-bond acceptors (Lipinski definition) is 4. The highest BCUT2D eigenvalue weighted by Crippen LogP contribution is 2.31. The molecule has 3 aromatic heterocycles. The molecule has 4 aromatic rings. The van der Waals surface area contributed by atoms with Crippen LogP contribution in [-0.4, -0.2) is 23.7 Å². The first-order valence-electron chi connectivity index (χ1n) is 10.1. The number of para-hydroxylation sites is 2. The van der Waals surface area contributed by atoms with Gasteiger partial charge in [0.1, 0.15) is 5.82 Å². The standard InChI is InChI=1S/C22H22N6O/c23-10-3-4-12-26-18-6-2-1-5-17(18)25-21(26)15-28-20-13-24-11-9-19(20)27(22(28)29)14-16-7-8-16/h1-2,5-6,9,11,13,16H,3-4,7-8,12,14-15H2. The summed E-state index contributed by atoms with van der Waals surface area (Å²) in [6.07, 6.45) is 7.15. The first-order chi connectivity index (χ1) is 14.3. The van der Waals surface area contributed by atoms with E-state index in [9.17, 15) is 4.79 Å². The smallest absolute Gasteiger partial charge is 0.326 e. The van der Waals surface area contributed by atoms with E-state index in [0.29, 0.717) is 25.4 Å². The fraction of sp³-hybridized carbons (Fsp3) is 0.364. The zero-order chi connectivity index (χ0) is 19.8. The van der Waals surface area contributed by atoms with E-state index >= 15 is 0 Å². The summed E-state index contributed by atoms with van der Waals surface area (Å²) >= 11 is 0. The SMILES string of the molecule is N#CCCCn1c(Cn2c(=O)n(CC3CC3)c3ccncc32)nc2ccccc21. The van der Waals surface area contributed by atoms with E-state index in [2.05, 4.69) is 15.6 Å². The predicted octanol–water partition coefficient (Wildman–Crippen LogP) is 3.31. The molecule has 1 saturated carbocycles. The lowest BCUT2D eigenvalue weighted by Gasteiger charge is -2.09. The zero-order valence-corrected chi connectivity index (χ0v) is 16.2. The van der Waals surface area contributed by atoms with Gasteiger partial charge in [-0.3, -0.25) is 14.1 Å². The Morgan fingerprint density at radius 1 is 1.07 bits per heavy atom. The van der Waals surface area contributed by atoms with Gasteiger partial charge in [0.2, 0.25) is 0 Å². The molecule has 0 atom stereocenters. The minimum Gasteiger partial charge on any atom is -0.326 e. The number of hydrogen-bond donors (Lipinski definition) is 0. The van der Waals surface area contributed by atoms with E-state index in [4.69, 9.17) is 10.2 Å². The molecule has 7 heteroatoms. The van der Waals surface area contributed by atoms with Crippen molar-refractivity contribution in [3.63, 3.8) is 0 Å². The molecule has 0 N–H and O–H groups in total. The van der Waals surface area contributed by atoms with Crippen LogP contribution in [0.2, 0.25) is 0 Å². The van der Waals surface area contributed by atoms with Crippen LogP contribution in [0.3, 0.4) is 0 Å². The highest BCUT2D eigenvalue weighted by Gasteiger charge is 2.25. The minimum absolute atomic E-state index is 0.00414. The predicted molar refractivity (Wildman–Crippen MR) is 110 cm³/mol. The average molecular weight is 386 g/mol. The quantitative estimate of drug-likeness (QED) is 0.456. The Morgan fingerprint density at radius 3 is 2.76 bits per heavy atom. The lowest BCUT2D eigenvalue weighted by Crippen LogP contribution is -2.26. The van der Waals surface area contributed by atoms with Crippen LogP contribution in [0, 0.1) is 17.2 Å². The van der Waals surface area contributed by atoms with Crippen LogP contribution >= 0.6 is 0 Å². The Morgan fingerprint density at radius 2 is 1.93 bits per heavy atom. The lowest BCUT2D eigenvalue weighted by molar-refractivity contribution is 0.577. The van der Waals surface area contributed by atoms with E-state index < -0.39 is 0 Å². The van der Waals surface area contributed by atoms with Gasteiger partial charge in [-0.1, -0.05) is 12.1 Å². The van der Waals surface area contributed by atoms with Crippen molar-refractivity contribution < 1.29 is 0 Å². The molecule has 0 unspecified atom stereocenters. The van der Waals surface area contributed by atoms with Gasteiger partial charge in [-0.15, -0.1) is 0 Å². The number of pyridine rings is 1. The second-order valence-electron chi connectivity index (χ2n) is 7.72. The van der Waals surface area contributed by atoms with Crippen molar-refractivity contribution in [1.29, 1.82) is 5.26 Å². The summed E-state index contributed by atoms with van der Waals surface area (Å²) in [5, 5.41) is 8.92. The number of nitrogens with zero attached hydrogens (tertiary/aromatic N) is 6. The molecule has 146 valence electrons. The fourth-order valence-corrected chi connectivity index (χ4v) is 4.01. The first kappa shape index (κ1) is 17.7. The van der Waals surface area contributed by atoms with Gasteiger partial charge in [0.05, 0.1) is 40.9 Å². The maximum absolute atomic E-state index is 13.3. The van der Waals surface area contributed by atoms with Gasteiger partial charge in [-0.2, -0.15) is 5.26 Å². The van der Waals surface area contributed by atoms with Crippen LogP contribution in [0.4, 0.5) is 0 Å². The molecule has 0 aliphatic heterocycles. The Labute approximate surface area is 167 Å². The second-order valence-corrected chi connectivity index (χ2v) is 7.72. The maximum Gasteiger partial charge on any atom is 0.329 e. The van der Waals surface area contributed by atoms with Crippen molar-refractivity contribution in [1.82, 2.24) is 23.7 Å². The Bertz CT molecular complexity index is 1280. The molecule has 1 aromatic carbocycles. The Balaban J connectivity index is 1.60. The molecular formula is C22H22N6O. The van der Waals surface area contributed by atoms with Crippen LogP contribution < -0.4 is 5.69 Å². The van der Waals surface area contributed by atoms with Crippen LogP contribution in [0.25, 0.3) is 22.1 Å². The summed E-state index contributed by atoms with van der Waals surface area (Å²) in [6, 6.07) is 12.1. The first-order valence-corrected chi connectivity index (χ1v) is 10.1. The number of rotatable bonds is 7. The molecule has 7 nitrogen and oxygen atoms in total. The van der Waals surface area contributed by atoms with Gasteiger partial charge >= 0.3 is 5.69 Å². The van der Waals surface area contributed by atoms with Crippen molar-refractivity contribution in [2.75, 3.05) is 0 Å². The summed E-state index contributed by atoms with van der Waals surface area (Å²) < 4.78 is 5.81. The molecule has 1 fully saturated rings. The van der Waals surface area contributed by atoms with E-state index in [-0.39, 0.29) is 5.69 Å². The van der Waals surface area contributed by atoms with Gasteiger partial charge in [-0.05, 0) is 43.4 Å². The topological polar surface area (TPSA) is 81.4 Å². The summed E-state index contributed by atoms with van der Waals surface area (Å²) in [4.78, 5) is 22.3. The largest absolute Gasteiger partial charge is 0.329 e. The zero-order valence-electron chi connectivity index (χ0n) is 16.2. The van der Waals surface area contributed by atoms with Crippen LogP contribution in [-0.2, 0) is 19.6 Å². The van der Waals surface area contributed by atoms with E-state index in [0.717, 1.165) is 40.9 Å². The fourth-order valence-electron chi connectivity index (χ4n) is 4.01. The van der Waals surface area contributed by atoms with Crippen molar-refractivity contribution in [3.05, 3.63) is 59.0 Å². The van der Waals surface area contributed by atoms with E-state index in [1.165, 1.54) is 12.8 Å². The molecule has 0 radical (unpaired) electrons. The third kappa shape index (κ3) is 3.21. The normalized spacial score (nSPS) is 13.9. The van der Waals surface area contributed by atoms with Crippen molar-refractivity contribution in [2.45, 2.75) is 45.3 Å². The molecule has 0 bridgehead atoms. The number of aryl methyl sites for hydroxylation is 1. The van der Waals surface area contributed by atoms with Crippen molar-refractivity contribution >= 4 is 22.1 Å². The van der Waals surface area contributed by atoms with Gasteiger partial charge in [0.25, 0.3) is 0 Å². The molecule has 1 aliphatic rings. The summed E-state index contributed by atoms with van der Waals surface area (Å²) in [7, 11) is 0. The maximum atomic E-state index is 13.3. The second kappa shape index (κ2) is 7.21. The van der Waals surface area contributed by atoms with Gasteiger partial charge in [0, 0.05) is 25.7 Å². The average Bonchev–Trinajstić information content (AvgIpc) is 3.45. The lowest BCUT2D eigenvalue weighted by atomic mass is 10.3. The number of nitriles is 1. The molecule has 0 saturated heterocycles. The minimum atomic E-state index is -0.00414. The number of unbranched alkanes of at least 4 members (excludes halogenated alkanes) is 1. The molecular weight excluding hydrogens is 364 g/mol. The summed E-state index contributed by atoms with van der Waals surface area (Å²) in [5.41, 5.74) is 3.72. The van der Waals surface area contributed by atoms with Crippen LogP contribution in [0.15, 0.2) is 47.5 Å². The molecule has 29 heavy (non-hydrogen) atoms. The number of fused-ring (bicyclic) bond motifs is 2. The molecule has 5 rings (SSSR count). The van der Waals surface area contributed by atoms with Crippen LogP contribution in [0.1, 0.15) is 31.5 Å².